The zero-order valence-corrected chi connectivity index (χ0v) is 26.3. The normalized spacial score (nSPS) is 13.6. The van der Waals surface area contributed by atoms with Crippen molar-refractivity contribution in [2.24, 2.45) is 5.41 Å². The van der Waals surface area contributed by atoms with E-state index >= 15 is 0 Å². The minimum absolute atomic E-state index is 0. The molecule has 0 amide bonds. The van der Waals surface area contributed by atoms with Gasteiger partial charge in [-0.2, -0.15) is 33.9 Å². The molecule has 0 nitrogen and oxygen atoms in total. The molecule has 1 heteroatoms. The van der Waals surface area contributed by atoms with Crippen LogP contribution in [0.15, 0.2) is 24.3 Å². The van der Waals surface area contributed by atoms with E-state index in [0.717, 1.165) is 0 Å². The van der Waals surface area contributed by atoms with Gasteiger partial charge in [-0.15, -0.1) is 34.5 Å². The minimum Gasteiger partial charge on any atom is -0.358 e. The van der Waals surface area contributed by atoms with Gasteiger partial charge in [0.05, 0.1) is 0 Å². The molecular formula is C31H46Hf. The van der Waals surface area contributed by atoms with Crippen LogP contribution in [0.25, 0.3) is 10.8 Å². The molecule has 0 saturated heterocycles. The summed E-state index contributed by atoms with van der Waals surface area (Å²) < 4.78 is 0. The second-order valence-corrected chi connectivity index (χ2v) is 9.84. The predicted molar refractivity (Wildman–Crippen MR) is 143 cm³/mol. The summed E-state index contributed by atoms with van der Waals surface area (Å²) >= 11 is 0. The van der Waals surface area contributed by atoms with Crippen molar-refractivity contribution in [1.29, 1.82) is 0 Å². The van der Waals surface area contributed by atoms with Crippen molar-refractivity contribution in [1.82, 2.24) is 0 Å². The fourth-order valence-corrected chi connectivity index (χ4v) is 5.22. The first-order chi connectivity index (χ1) is 13.6. The van der Waals surface area contributed by atoms with E-state index in [1.54, 1.807) is 11.1 Å². The molecule has 0 unspecified atom stereocenters. The molecule has 3 aromatic carbocycles. The Kier molecular flexibility index (Phi) is 11.6. The SMILES string of the molecule is CCC1(CC)Cc2cc3cc[c-](C(C)C)c3cc2C1.Cc1c(C)c(C)[c-](C)c1C.[CH3-].[CH3-].[Hf+4]. The summed E-state index contributed by atoms with van der Waals surface area (Å²) in [5.41, 5.74) is 12.6. The summed E-state index contributed by atoms with van der Waals surface area (Å²) in [5.74, 6) is 0.624. The molecular weight excluding hydrogens is 551 g/mol. The number of fused-ring (bicyclic) bond motifs is 2. The van der Waals surface area contributed by atoms with Crippen LogP contribution in [0.4, 0.5) is 0 Å². The molecule has 0 bridgehead atoms. The van der Waals surface area contributed by atoms with Crippen molar-refractivity contribution in [3.63, 3.8) is 0 Å². The molecule has 32 heavy (non-hydrogen) atoms. The second-order valence-electron chi connectivity index (χ2n) is 9.84. The van der Waals surface area contributed by atoms with E-state index in [1.165, 1.54) is 69.8 Å². The van der Waals surface area contributed by atoms with Crippen LogP contribution < -0.4 is 0 Å². The molecule has 0 aliphatic heterocycles. The molecule has 0 N–H and O–H groups in total. The first kappa shape index (κ1) is 31.1. The molecule has 4 rings (SSSR count). The molecule has 0 fully saturated rings. The van der Waals surface area contributed by atoms with Gasteiger partial charge in [0.25, 0.3) is 0 Å². The van der Waals surface area contributed by atoms with Crippen LogP contribution in [-0.2, 0) is 38.7 Å². The van der Waals surface area contributed by atoms with Gasteiger partial charge in [-0.25, -0.2) is 0 Å². The van der Waals surface area contributed by atoms with Gasteiger partial charge in [-0.3, -0.25) is 0 Å². The van der Waals surface area contributed by atoms with Crippen molar-refractivity contribution < 1.29 is 25.8 Å². The molecule has 0 heterocycles. The van der Waals surface area contributed by atoms with E-state index in [-0.39, 0.29) is 40.7 Å². The minimum atomic E-state index is 0. The smallest absolute Gasteiger partial charge is 0.358 e. The Labute approximate surface area is 218 Å². The molecule has 0 atom stereocenters. The first-order valence-corrected chi connectivity index (χ1v) is 11.5. The Balaban J connectivity index is 0.000000642. The average molecular weight is 597 g/mol. The van der Waals surface area contributed by atoms with Gasteiger partial charge in [0, 0.05) is 0 Å². The molecule has 174 valence electrons. The van der Waals surface area contributed by atoms with Crippen LogP contribution in [0.5, 0.6) is 0 Å². The maximum absolute atomic E-state index is 2.49. The average Bonchev–Trinajstić information content (AvgIpc) is 3.34. The standard InChI is InChI=1S/C19H25.C10H15.2CH3.Hf/c1-5-19(6-2)11-15-9-14-7-8-17(13(3)4)18(14)10-16(15)12-19;1-6-7(2)9(4)10(5)8(6)3;;;/h7-10,13H,5-6,11-12H2,1-4H3;1-5H3;2*1H3;/q4*-1;+4. The van der Waals surface area contributed by atoms with Crippen LogP contribution in [0.3, 0.4) is 0 Å². The Morgan fingerprint density at radius 2 is 1.34 bits per heavy atom. The Morgan fingerprint density at radius 3 is 1.72 bits per heavy atom. The van der Waals surface area contributed by atoms with Gasteiger partial charge in [0.1, 0.15) is 0 Å². The third-order valence-corrected chi connectivity index (χ3v) is 8.19. The number of benzene rings is 1. The van der Waals surface area contributed by atoms with E-state index in [9.17, 15) is 0 Å². The van der Waals surface area contributed by atoms with Crippen LogP contribution in [0, 0.1) is 54.9 Å². The quantitative estimate of drug-likeness (QED) is 0.209. The van der Waals surface area contributed by atoms with E-state index in [0.29, 0.717) is 11.3 Å². The number of rotatable bonds is 3. The third kappa shape index (κ3) is 5.57. The Hall–Kier alpha value is -0.950. The van der Waals surface area contributed by atoms with Crippen molar-refractivity contribution in [3.8, 4) is 0 Å². The summed E-state index contributed by atoms with van der Waals surface area (Å²) in [7, 11) is 0. The summed E-state index contributed by atoms with van der Waals surface area (Å²) in [6.45, 7) is 20.3. The van der Waals surface area contributed by atoms with Crippen molar-refractivity contribution in [3.05, 3.63) is 83.6 Å². The van der Waals surface area contributed by atoms with Gasteiger partial charge >= 0.3 is 25.8 Å². The molecule has 1 aliphatic rings. The number of hydrogen-bond donors (Lipinski definition) is 0. The largest absolute Gasteiger partial charge is 4.00 e. The topological polar surface area (TPSA) is 0 Å². The molecule has 0 spiro atoms. The van der Waals surface area contributed by atoms with Crippen LogP contribution in [-0.4, -0.2) is 0 Å². The monoisotopic (exact) mass is 598 g/mol. The Bertz CT molecular complexity index is 925. The zero-order chi connectivity index (χ0) is 21.5. The van der Waals surface area contributed by atoms with Gasteiger partial charge in [-0.1, -0.05) is 79.4 Å². The maximum atomic E-state index is 2.49. The van der Waals surface area contributed by atoms with Gasteiger partial charge < -0.3 is 14.9 Å². The van der Waals surface area contributed by atoms with Crippen LogP contribution in [0.2, 0.25) is 0 Å². The number of hydrogen-bond acceptors (Lipinski definition) is 0. The van der Waals surface area contributed by atoms with E-state index in [4.69, 9.17) is 0 Å². The second kappa shape index (κ2) is 12.0. The zero-order valence-electron chi connectivity index (χ0n) is 22.7. The molecule has 0 radical (unpaired) electrons. The predicted octanol–water partition coefficient (Wildman–Crippen LogP) is 9.43. The Morgan fingerprint density at radius 1 is 0.875 bits per heavy atom. The fraction of sp³-hybridized carbons (Fsp3) is 0.484. The van der Waals surface area contributed by atoms with Gasteiger partial charge in [0.2, 0.25) is 0 Å². The molecule has 0 aromatic heterocycles. The summed E-state index contributed by atoms with van der Waals surface area (Å²) in [4.78, 5) is 0. The molecule has 1 aliphatic carbocycles. The van der Waals surface area contributed by atoms with Crippen LogP contribution >= 0.6 is 0 Å². The van der Waals surface area contributed by atoms with Crippen molar-refractivity contribution in [2.75, 3.05) is 0 Å². The van der Waals surface area contributed by atoms with E-state index in [1.807, 2.05) is 0 Å². The molecule has 0 saturated carbocycles. The summed E-state index contributed by atoms with van der Waals surface area (Å²) in [6.07, 6.45) is 5.18. The fourth-order valence-electron chi connectivity index (χ4n) is 5.22. The summed E-state index contributed by atoms with van der Waals surface area (Å²) in [6, 6.07) is 9.58. The van der Waals surface area contributed by atoms with Crippen molar-refractivity contribution >= 4 is 10.8 Å². The van der Waals surface area contributed by atoms with Gasteiger partial charge in [0.15, 0.2) is 0 Å². The van der Waals surface area contributed by atoms with Crippen molar-refractivity contribution in [2.45, 2.75) is 93.9 Å². The van der Waals surface area contributed by atoms with E-state index in [2.05, 4.69) is 86.6 Å². The maximum Gasteiger partial charge on any atom is 4.00 e. The third-order valence-electron chi connectivity index (χ3n) is 8.19. The van der Waals surface area contributed by atoms with E-state index < -0.39 is 0 Å². The summed E-state index contributed by atoms with van der Waals surface area (Å²) in [5, 5.41) is 2.95. The molecule has 3 aromatic rings. The van der Waals surface area contributed by atoms with Gasteiger partial charge in [-0.05, 0) is 31.1 Å². The van der Waals surface area contributed by atoms with Crippen LogP contribution in [0.1, 0.15) is 91.0 Å². The first-order valence-electron chi connectivity index (χ1n) is 11.5.